The minimum atomic E-state index is 0.0114. The molecule has 3 rings (SSSR count). The summed E-state index contributed by atoms with van der Waals surface area (Å²) in [7, 11) is 0. The Bertz CT molecular complexity index is 653. The van der Waals surface area contributed by atoms with E-state index in [1.807, 2.05) is 6.33 Å². The van der Waals surface area contributed by atoms with Gasteiger partial charge in [0.05, 0.1) is 5.69 Å². The maximum Gasteiger partial charge on any atom is 0.138 e. The lowest BCUT2D eigenvalue weighted by atomic mass is 9.91. The molecular formula is C17H22ClN3. The first kappa shape index (κ1) is 14.6. The second-order valence-corrected chi connectivity index (χ2v) is 7.08. The SMILES string of the molecule is CC(C)(C)c1cc(CCl)cc(-n2cnc3c2CCCC3)n1. The zero-order chi connectivity index (χ0) is 15.0. The quantitative estimate of drug-likeness (QED) is 0.779. The molecule has 3 nitrogen and oxygen atoms in total. The molecule has 0 N–H and O–H groups in total. The smallest absolute Gasteiger partial charge is 0.138 e. The first-order valence-electron chi connectivity index (χ1n) is 7.62. The zero-order valence-electron chi connectivity index (χ0n) is 13.0. The number of aromatic nitrogens is 3. The van der Waals surface area contributed by atoms with Gasteiger partial charge in [0, 0.05) is 22.7 Å². The molecule has 1 aliphatic carbocycles. The Hall–Kier alpha value is -1.35. The number of alkyl halides is 1. The van der Waals surface area contributed by atoms with Gasteiger partial charge in [0.2, 0.25) is 0 Å². The summed E-state index contributed by atoms with van der Waals surface area (Å²) in [6, 6.07) is 4.19. The molecule has 0 bridgehead atoms. The summed E-state index contributed by atoms with van der Waals surface area (Å²) in [5, 5.41) is 0. The van der Waals surface area contributed by atoms with Crippen molar-refractivity contribution in [2.75, 3.05) is 0 Å². The lowest BCUT2D eigenvalue weighted by molar-refractivity contribution is 0.565. The average Bonchev–Trinajstić information content (AvgIpc) is 2.89. The lowest BCUT2D eigenvalue weighted by Crippen LogP contribution is -2.16. The first-order valence-corrected chi connectivity index (χ1v) is 8.15. The summed E-state index contributed by atoms with van der Waals surface area (Å²) < 4.78 is 2.15. The minimum absolute atomic E-state index is 0.0114. The molecule has 0 aromatic carbocycles. The Labute approximate surface area is 131 Å². The molecule has 112 valence electrons. The van der Waals surface area contributed by atoms with Gasteiger partial charge < -0.3 is 0 Å². The van der Waals surface area contributed by atoms with Crippen LogP contribution in [0.15, 0.2) is 18.5 Å². The summed E-state index contributed by atoms with van der Waals surface area (Å²) in [5.74, 6) is 1.46. The summed E-state index contributed by atoms with van der Waals surface area (Å²) in [5.41, 5.74) is 4.76. The Morgan fingerprint density at radius 1 is 1.19 bits per heavy atom. The molecule has 0 amide bonds. The van der Waals surface area contributed by atoms with E-state index < -0.39 is 0 Å². The van der Waals surface area contributed by atoms with Gasteiger partial charge in [-0.05, 0) is 43.4 Å². The topological polar surface area (TPSA) is 30.7 Å². The maximum absolute atomic E-state index is 6.07. The molecule has 2 aromatic heterocycles. The zero-order valence-corrected chi connectivity index (χ0v) is 13.7. The molecule has 0 saturated carbocycles. The van der Waals surface area contributed by atoms with Gasteiger partial charge in [-0.3, -0.25) is 4.57 Å². The predicted octanol–water partition coefficient (Wildman–Crippen LogP) is 4.18. The highest BCUT2D eigenvalue weighted by molar-refractivity contribution is 6.17. The number of rotatable bonds is 2. The number of aryl methyl sites for hydroxylation is 1. The van der Waals surface area contributed by atoms with E-state index >= 15 is 0 Å². The lowest BCUT2D eigenvalue weighted by Gasteiger charge is -2.21. The van der Waals surface area contributed by atoms with E-state index in [0.717, 1.165) is 29.9 Å². The van der Waals surface area contributed by atoms with Crippen molar-refractivity contribution in [3.63, 3.8) is 0 Å². The highest BCUT2D eigenvalue weighted by Gasteiger charge is 2.20. The van der Waals surface area contributed by atoms with Crippen molar-refractivity contribution in [1.82, 2.24) is 14.5 Å². The number of hydrogen-bond donors (Lipinski definition) is 0. The fourth-order valence-electron chi connectivity index (χ4n) is 2.82. The van der Waals surface area contributed by atoms with Crippen LogP contribution in [0.3, 0.4) is 0 Å². The largest absolute Gasteiger partial charge is 0.287 e. The highest BCUT2D eigenvalue weighted by Crippen LogP contribution is 2.26. The van der Waals surface area contributed by atoms with Gasteiger partial charge in [-0.1, -0.05) is 20.8 Å². The van der Waals surface area contributed by atoms with Crippen molar-refractivity contribution in [3.8, 4) is 5.82 Å². The monoisotopic (exact) mass is 303 g/mol. The van der Waals surface area contributed by atoms with E-state index in [1.54, 1.807) is 0 Å². The van der Waals surface area contributed by atoms with E-state index in [-0.39, 0.29) is 5.41 Å². The van der Waals surface area contributed by atoms with Gasteiger partial charge in [0.1, 0.15) is 12.1 Å². The van der Waals surface area contributed by atoms with Crippen molar-refractivity contribution >= 4 is 11.6 Å². The molecule has 0 aliphatic heterocycles. The van der Waals surface area contributed by atoms with Crippen LogP contribution in [0.5, 0.6) is 0 Å². The molecule has 2 heterocycles. The molecule has 0 saturated heterocycles. The molecule has 21 heavy (non-hydrogen) atoms. The van der Waals surface area contributed by atoms with Crippen LogP contribution in [-0.2, 0) is 24.1 Å². The third-order valence-corrected chi connectivity index (χ3v) is 4.38. The van der Waals surface area contributed by atoms with Crippen molar-refractivity contribution in [2.45, 2.75) is 57.7 Å². The molecule has 2 aromatic rings. The number of halogens is 1. The normalized spacial score (nSPS) is 15.0. The molecule has 0 fully saturated rings. The van der Waals surface area contributed by atoms with Gasteiger partial charge in [-0.25, -0.2) is 9.97 Å². The van der Waals surface area contributed by atoms with Gasteiger partial charge in [0.25, 0.3) is 0 Å². The third kappa shape index (κ3) is 2.84. The third-order valence-electron chi connectivity index (χ3n) is 4.07. The van der Waals surface area contributed by atoms with E-state index in [1.165, 1.54) is 24.2 Å². The molecule has 1 aliphatic rings. The van der Waals surface area contributed by atoms with Crippen LogP contribution in [0, 0.1) is 0 Å². The average molecular weight is 304 g/mol. The molecular weight excluding hydrogens is 282 g/mol. The minimum Gasteiger partial charge on any atom is -0.287 e. The number of nitrogens with zero attached hydrogens (tertiary/aromatic N) is 3. The molecule has 0 unspecified atom stereocenters. The van der Waals surface area contributed by atoms with Crippen LogP contribution in [-0.4, -0.2) is 14.5 Å². The van der Waals surface area contributed by atoms with Gasteiger partial charge >= 0.3 is 0 Å². The Kier molecular flexibility index (Phi) is 3.78. The van der Waals surface area contributed by atoms with Gasteiger partial charge in [-0.2, -0.15) is 0 Å². The standard InChI is InChI=1S/C17H22ClN3/c1-17(2,3)15-8-12(10-18)9-16(20-15)21-11-19-13-6-4-5-7-14(13)21/h8-9,11H,4-7,10H2,1-3H3. The summed E-state index contributed by atoms with van der Waals surface area (Å²) in [6.07, 6.45) is 6.58. The van der Waals surface area contributed by atoms with E-state index in [0.29, 0.717) is 5.88 Å². The Balaban J connectivity index is 2.12. The van der Waals surface area contributed by atoms with Crippen molar-refractivity contribution in [2.24, 2.45) is 0 Å². The summed E-state index contributed by atoms with van der Waals surface area (Å²) in [6.45, 7) is 6.54. The van der Waals surface area contributed by atoms with Crippen LogP contribution in [0.1, 0.15) is 56.3 Å². The molecule has 0 atom stereocenters. The van der Waals surface area contributed by atoms with E-state index in [9.17, 15) is 0 Å². The highest BCUT2D eigenvalue weighted by atomic mass is 35.5. The van der Waals surface area contributed by atoms with Gasteiger partial charge in [0.15, 0.2) is 0 Å². The van der Waals surface area contributed by atoms with Crippen LogP contribution < -0.4 is 0 Å². The maximum atomic E-state index is 6.07. The molecule has 0 spiro atoms. The number of pyridine rings is 1. The second kappa shape index (κ2) is 5.45. The summed E-state index contributed by atoms with van der Waals surface area (Å²) >= 11 is 6.07. The number of fused-ring (bicyclic) bond motifs is 1. The van der Waals surface area contributed by atoms with Crippen molar-refractivity contribution in [3.05, 3.63) is 41.1 Å². The fourth-order valence-corrected chi connectivity index (χ4v) is 2.98. The van der Waals surface area contributed by atoms with Crippen molar-refractivity contribution < 1.29 is 0 Å². The van der Waals surface area contributed by atoms with Crippen LogP contribution in [0.25, 0.3) is 5.82 Å². The fraction of sp³-hybridized carbons (Fsp3) is 0.529. The predicted molar refractivity (Wildman–Crippen MR) is 86.3 cm³/mol. The number of imidazole rings is 1. The molecule has 4 heteroatoms. The van der Waals surface area contributed by atoms with Crippen LogP contribution in [0.2, 0.25) is 0 Å². The summed E-state index contributed by atoms with van der Waals surface area (Å²) in [4.78, 5) is 9.44. The van der Waals surface area contributed by atoms with Crippen molar-refractivity contribution in [1.29, 1.82) is 0 Å². The Morgan fingerprint density at radius 3 is 2.67 bits per heavy atom. The molecule has 0 radical (unpaired) electrons. The van der Waals surface area contributed by atoms with Gasteiger partial charge in [-0.15, -0.1) is 11.6 Å². The van der Waals surface area contributed by atoms with E-state index in [2.05, 4.69) is 42.5 Å². The Morgan fingerprint density at radius 2 is 1.95 bits per heavy atom. The second-order valence-electron chi connectivity index (χ2n) is 6.82. The first-order chi connectivity index (χ1) is 9.99. The van der Waals surface area contributed by atoms with Crippen LogP contribution in [0.4, 0.5) is 0 Å². The number of hydrogen-bond acceptors (Lipinski definition) is 2. The van der Waals surface area contributed by atoms with E-state index in [4.69, 9.17) is 16.6 Å². The van der Waals surface area contributed by atoms with Crippen LogP contribution >= 0.6 is 11.6 Å².